The molecule has 0 bridgehead atoms. The number of unbranched alkanes of at least 4 members (excludes halogenated alkanes) is 1. The monoisotopic (exact) mass is 341 g/mol. The first-order valence-corrected chi connectivity index (χ1v) is 8.53. The zero-order chi connectivity index (χ0) is 15.0. The largest absolute Gasteiger partial charge is 0.493 e. The Morgan fingerprint density at radius 1 is 1.30 bits per heavy atom. The van der Waals surface area contributed by atoms with Crippen molar-refractivity contribution in [3.63, 3.8) is 0 Å². The van der Waals surface area contributed by atoms with Crippen LogP contribution in [0.4, 0.5) is 0 Å². The summed E-state index contributed by atoms with van der Waals surface area (Å²) in [5.74, 6) is 1.69. The van der Waals surface area contributed by atoms with Crippen molar-refractivity contribution in [3.8, 4) is 5.75 Å². The van der Waals surface area contributed by atoms with Crippen molar-refractivity contribution >= 4 is 15.9 Å². The molecule has 1 rings (SSSR count). The van der Waals surface area contributed by atoms with Gasteiger partial charge in [-0.25, -0.2) is 0 Å². The Labute approximate surface area is 132 Å². The van der Waals surface area contributed by atoms with Crippen LogP contribution in [0.25, 0.3) is 0 Å². The molecular weight excluding hydrogens is 314 g/mol. The Morgan fingerprint density at radius 3 is 2.65 bits per heavy atom. The summed E-state index contributed by atoms with van der Waals surface area (Å²) < 4.78 is 7.25. The van der Waals surface area contributed by atoms with Crippen LogP contribution < -0.4 is 10.5 Å². The normalized spacial score (nSPS) is 12.4. The van der Waals surface area contributed by atoms with Crippen molar-refractivity contribution in [2.75, 3.05) is 13.2 Å². The van der Waals surface area contributed by atoms with Crippen LogP contribution in [0.1, 0.15) is 50.7 Å². The molecule has 2 nitrogen and oxygen atoms in total. The highest BCUT2D eigenvalue weighted by Gasteiger charge is 2.12. The third-order valence-corrected chi connectivity index (χ3v) is 4.19. The van der Waals surface area contributed by atoms with E-state index in [1.54, 1.807) is 0 Å². The lowest BCUT2D eigenvalue weighted by molar-refractivity contribution is 0.230. The van der Waals surface area contributed by atoms with E-state index >= 15 is 0 Å². The summed E-state index contributed by atoms with van der Waals surface area (Å²) in [7, 11) is 0. The van der Waals surface area contributed by atoms with Crippen molar-refractivity contribution in [2.24, 2.45) is 11.7 Å². The maximum Gasteiger partial charge on any atom is 0.125 e. The van der Waals surface area contributed by atoms with Crippen LogP contribution in [0.2, 0.25) is 0 Å². The number of benzene rings is 1. The van der Waals surface area contributed by atoms with Crippen molar-refractivity contribution < 1.29 is 4.74 Å². The molecule has 20 heavy (non-hydrogen) atoms. The average molecular weight is 342 g/mol. The highest BCUT2D eigenvalue weighted by Crippen LogP contribution is 2.29. The van der Waals surface area contributed by atoms with Gasteiger partial charge < -0.3 is 10.5 Å². The van der Waals surface area contributed by atoms with Crippen LogP contribution in [-0.4, -0.2) is 13.2 Å². The number of nitrogens with two attached hydrogens (primary N) is 1. The third kappa shape index (κ3) is 5.45. The van der Waals surface area contributed by atoms with Gasteiger partial charge in [0.15, 0.2) is 0 Å². The zero-order valence-corrected chi connectivity index (χ0v) is 14.6. The molecule has 0 aliphatic rings. The molecule has 0 radical (unpaired) electrons. The van der Waals surface area contributed by atoms with E-state index in [1.807, 2.05) is 0 Å². The van der Waals surface area contributed by atoms with Gasteiger partial charge in [0.25, 0.3) is 0 Å². The second kappa shape index (κ2) is 9.41. The second-order valence-electron chi connectivity index (χ2n) is 5.48. The van der Waals surface area contributed by atoms with Crippen molar-refractivity contribution in [1.82, 2.24) is 0 Å². The molecule has 1 aromatic carbocycles. The Kier molecular flexibility index (Phi) is 8.24. The van der Waals surface area contributed by atoms with Gasteiger partial charge in [0, 0.05) is 4.47 Å². The molecule has 1 atom stereocenters. The highest BCUT2D eigenvalue weighted by atomic mass is 79.9. The molecule has 3 heteroatoms. The molecule has 0 amide bonds. The summed E-state index contributed by atoms with van der Waals surface area (Å²) in [4.78, 5) is 0. The Bertz CT molecular complexity index is 406. The number of hydrogen-bond donors (Lipinski definition) is 1. The van der Waals surface area contributed by atoms with Crippen molar-refractivity contribution in [2.45, 2.75) is 52.9 Å². The maximum atomic E-state index is 6.15. The van der Waals surface area contributed by atoms with Crippen LogP contribution in [0.5, 0.6) is 5.75 Å². The molecule has 0 heterocycles. The second-order valence-corrected chi connectivity index (χ2v) is 6.39. The van der Waals surface area contributed by atoms with Crippen molar-refractivity contribution in [1.29, 1.82) is 0 Å². The van der Waals surface area contributed by atoms with E-state index in [0.29, 0.717) is 12.5 Å². The quantitative estimate of drug-likeness (QED) is 0.696. The fraction of sp³-hybridized carbons (Fsp3) is 0.647. The van der Waals surface area contributed by atoms with Crippen molar-refractivity contribution in [3.05, 3.63) is 27.7 Å². The number of aryl methyl sites for hydroxylation is 1. The molecular formula is C17H28BrNO. The van der Waals surface area contributed by atoms with Gasteiger partial charge in [0.1, 0.15) is 5.75 Å². The van der Waals surface area contributed by atoms with Gasteiger partial charge in [-0.1, -0.05) is 49.0 Å². The minimum absolute atomic E-state index is 0.652. The summed E-state index contributed by atoms with van der Waals surface area (Å²) in [6.45, 7) is 8.06. The van der Waals surface area contributed by atoms with E-state index in [4.69, 9.17) is 10.5 Å². The predicted octanol–water partition coefficient (Wildman–Crippen LogP) is 4.85. The van der Waals surface area contributed by atoms with E-state index in [9.17, 15) is 0 Å². The molecule has 0 spiro atoms. The summed E-state index contributed by atoms with van der Waals surface area (Å²) in [6.07, 6.45) is 5.85. The Hall–Kier alpha value is -0.540. The Balaban J connectivity index is 2.74. The molecule has 0 saturated carbocycles. The fourth-order valence-electron chi connectivity index (χ4n) is 2.45. The van der Waals surface area contributed by atoms with E-state index < -0.39 is 0 Å². The lowest BCUT2D eigenvalue weighted by atomic mass is 10.0. The highest BCUT2D eigenvalue weighted by molar-refractivity contribution is 9.10. The summed E-state index contributed by atoms with van der Waals surface area (Å²) in [5, 5.41) is 0. The molecule has 2 N–H and O–H groups in total. The van der Waals surface area contributed by atoms with E-state index in [2.05, 4.69) is 48.8 Å². The number of halogens is 1. The van der Waals surface area contributed by atoms with Gasteiger partial charge >= 0.3 is 0 Å². The average Bonchev–Trinajstić information content (AvgIpc) is 2.41. The molecule has 0 fully saturated rings. The first-order valence-electron chi connectivity index (χ1n) is 7.74. The summed E-state index contributed by atoms with van der Waals surface area (Å²) >= 11 is 3.55. The summed E-state index contributed by atoms with van der Waals surface area (Å²) in [6, 6.07) is 4.24. The molecule has 114 valence electrons. The van der Waals surface area contributed by atoms with Crippen LogP contribution in [0.3, 0.4) is 0 Å². The van der Waals surface area contributed by atoms with Crippen LogP contribution in [-0.2, 0) is 6.42 Å². The fourth-order valence-corrected chi connectivity index (χ4v) is 3.07. The number of hydrogen-bond acceptors (Lipinski definition) is 2. The topological polar surface area (TPSA) is 35.2 Å². The molecule has 0 aliphatic heterocycles. The van der Waals surface area contributed by atoms with Gasteiger partial charge in [-0.05, 0) is 55.5 Å². The maximum absolute atomic E-state index is 6.15. The van der Waals surface area contributed by atoms with Gasteiger partial charge in [-0.2, -0.15) is 0 Å². The lowest BCUT2D eigenvalue weighted by Crippen LogP contribution is -2.14. The SMILES string of the molecule is CCCCC(CC)COc1c(C)cc(Br)cc1CCN. The zero-order valence-electron chi connectivity index (χ0n) is 13.0. The van der Waals surface area contributed by atoms with Gasteiger partial charge in [-0.3, -0.25) is 0 Å². The van der Waals surface area contributed by atoms with Crippen LogP contribution >= 0.6 is 15.9 Å². The van der Waals surface area contributed by atoms with Gasteiger partial charge in [-0.15, -0.1) is 0 Å². The minimum Gasteiger partial charge on any atom is -0.493 e. The third-order valence-electron chi connectivity index (χ3n) is 3.74. The Morgan fingerprint density at radius 2 is 2.05 bits per heavy atom. The molecule has 1 unspecified atom stereocenters. The van der Waals surface area contributed by atoms with Crippen LogP contribution in [0.15, 0.2) is 16.6 Å². The number of ether oxygens (including phenoxy) is 1. The van der Waals surface area contributed by atoms with Crippen LogP contribution in [0, 0.1) is 12.8 Å². The molecule has 1 aromatic rings. The van der Waals surface area contributed by atoms with Gasteiger partial charge in [0.2, 0.25) is 0 Å². The van der Waals surface area contributed by atoms with E-state index in [-0.39, 0.29) is 0 Å². The first-order chi connectivity index (χ1) is 9.62. The lowest BCUT2D eigenvalue weighted by Gasteiger charge is -2.19. The standard InChI is InChI=1S/C17H28BrNO/c1-4-6-7-14(5-2)12-20-17-13(3)10-16(18)11-15(17)8-9-19/h10-11,14H,4-9,12,19H2,1-3H3. The minimum atomic E-state index is 0.652. The number of rotatable bonds is 9. The predicted molar refractivity (Wildman–Crippen MR) is 90.4 cm³/mol. The smallest absolute Gasteiger partial charge is 0.125 e. The van der Waals surface area contributed by atoms with Gasteiger partial charge in [0.05, 0.1) is 6.61 Å². The molecule has 0 aromatic heterocycles. The summed E-state index contributed by atoms with van der Waals surface area (Å²) in [5.41, 5.74) is 8.11. The molecule has 0 aliphatic carbocycles. The van der Waals surface area contributed by atoms with E-state index in [0.717, 1.165) is 23.2 Å². The molecule has 0 saturated heterocycles. The first kappa shape index (κ1) is 17.5. The van der Waals surface area contributed by atoms with E-state index in [1.165, 1.54) is 36.8 Å².